The summed E-state index contributed by atoms with van der Waals surface area (Å²) in [6, 6.07) is 9.07. The number of hydrogen-bond donors (Lipinski definition) is 1. The normalized spacial score (nSPS) is 13.3. The van der Waals surface area contributed by atoms with E-state index in [1.54, 1.807) is 7.11 Å². The van der Waals surface area contributed by atoms with E-state index in [1.807, 2.05) is 0 Å². The molecule has 0 aromatic heterocycles. The van der Waals surface area contributed by atoms with E-state index >= 15 is 0 Å². The van der Waals surface area contributed by atoms with Crippen LogP contribution in [0.3, 0.4) is 0 Å². The van der Waals surface area contributed by atoms with Gasteiger partial charge in [0.05, 0.1) is 6.61 Å². The maximum Gasteiger partial charge on any atom is 0.0590 e. The van der Waals surface area contributed by atoms with E-state index in [4.69, 9.17) is 10.5 Å². The van der Waals surface area contributed by atoms with Gasteiger partial charge in [0, 0.05) is 36.8 Å². The summed E-state index contributed by atoms with van der Waals surface area (Å²) >= 11 is 3.46. The van der Waals surface area contributed by atoms with Crippen molar-refractivity contribution in [1.82, 2.24) is 4.90 Å². The van der Waals surface area contributed by atoms with Crippen LogP contribution in [-0.4, -0.2) is 37.7 Å². The van der Waals surface area contributed by atoms with Gasteiger partial charge in [-0.05, 0) is 31.5 Å². The molecule has 0 fully saturated rings. The van der Waals surface area contributed by atoms with Gasteiger partial charge in [-0.25, -0.2) is 0 Å². The Morgan fingerprint density at radius 1 is 1.28 bits per heavy atom. The number of methoxy groups -OCH3 is 1. The van der Waals surface area contributed by atoms with Gasteiger partial charge < -0.3 is 10.5 Å². The van der Waals surface area contributed by atoms with Gasteiger partial charge in [0.15, 0.2) is 0 Å². The molecule has 0 amide bonds. The highest BCUT2D eigenvalue weighted by molar-refractivity contribution is 9.10. The third-order valence-electron chi connectivity index (χ3n) is 3.10. The Labute approximate surface area is 118 Å². The average molecular weight is 315 g/mol. The molecular formula is C14H23BrN2O. The van der Waals surface area contributed by atoms with Crippen molar-refractivity contribution in [1.29, 1.82) is 0 Å². The fraction of sp³-hybridized carbons (Fsp3) is 0.571. The molecule has 0 spiro atoms. The molecular weight excluding hydrogens is 292 g/mol. The SMILES string of the molecule is COCCN(C(C)C)C(CN)c1ccc(Br)cc1. The zero-order valence-electron chi connectivity index (χ0n) is 11.4. The number of hydrogen-bond acceptors (Lipinski definition) is 3. The Morgan fingerprint density at radius 3 is 2.33 bits per heavy atom. The second-order valence-electron chi connectivity index (χ2n) is 4.63. The number of benzene rings is 1. The highest BCUT2D eigenvalue weighted by Crippen LogP contribution is 2.23. The van der Waals surface area contributed by atoms with Gasteiger partial charge in [-0.15, -0.1) is 0 Å². The van der Waals surface area contributed by atoms with Gasteiger partial charge in [-0.3, -0.25) is 4.90 Å². The summed E-state index contributed by atoms with van der Waals surface area (Å²) in [6.45, 7) is 6.62. The molecule has 1 aromatic carbocycles. The molecule has 0 radical (unpaired) electrons. The third kappa shape index (κ3) is 4.35. The van der Waals surface area contributed by atoms with Gasteiger partial charge >= 0.3 is 0 Å². The van der Waals surface area contributed by atoms with Crippen LogP contribution in [0.2, 0.25) is 0 Å². The summed E-state index contributed by atoms with van der Waals surface area (Å²) in [4.78, 5) is 2.38. The minimum atomic E-state index is 0.244. The van der Waals surface area contributed by atoms with E-state index in [9.17, 15) is 0 Å². The van der Waals surface area contributed by atoms with Gasteiger partial charge in [0.25, 0.3) is 0 Å². The first-order chi connectivity index (χ1) is 8.60. The van der Waals surface area contributed by atoms with Gasteiger partial charge in [-0.2, -0.15) is 0 Å². The van der Waals surface area contributed by atoms with E-state index < -0.39 is 0 Å². The molecule has 102 valence electrons. The molecule has 4 heteroatoms. The first-order valence-corrected chi connectivity index (χ1v) is 7.09. The quantitative estimate of drug-likeness (QED) is 0.841. The highest BCUT2D eigenvalue weighted by Gasteiger charge is 2.21. The van der Waals surface area contributed by atoms with Gasteiger partial charge in [0.2, 0.25) is 0 Å². The Hall–Kier alpha value is -0.420. The lowest BCUT2D eigenvalue weighted by molar-refractivity contribution is 0.0979. The molecule has 0 aliphatic heterocycles. The van der Waals surface area contributed by atoms with Gasteiger partial charge in [-0.1, -0.05) is 28.1 Å². The molecule has 0 aliphatic rings. The van der Waals surface area contributed by atoms with Crippen LogP contribution in [0.25, 0.3) is 0 Å². The lowest BCUT2D eigenvalue weighted by Gasteiger charge is -2.34. The molecule has 18 heavy (non-hydrogen) atoms. The van der Waals surface area contributed by atoms with E-state index in [2.05, 4.69) is 58.9 Å². The Kier molecular flexibility index (Phi) is 6.86. The van der Waals surface area contributed by atoms with E-state index in [0.29, 0.717) is 12.6 Å². The number of nitrogens with two attached hydrogens (primary N) is 1. The molecule has 1 atom stereocenters. The zero-order valence-corrected chi connectivity index (χ0v) is 13.0. The average Bonchev–Trinajstić information content (AvgIpc) is 2.35. The summed E-state index contributed by atoms with van der Waals surface area (Å²) in [7, 11) is 1.73. The van der Waals surface area contributed by atoms with Crippen molar-refractivity contribution >= 4 is 15.9 Å². The topological polar surface area (TPSA) is 38.5 Å². The molecule has 0 heterocycles. The predicted molar refractivity (Wildman–Crippen MR) is 79.7 cm³/mol. The predicted octanol–water partition coefficient (Wildman–Crippen LogP) is 2.81. The highest BCUT2D eigenvalue weighted by atomic mass is 79.9. The summed E-state index contributed by atoms with van der Waals surface area (Å²) < 4.78 is 6.27. The summed E-state index contributed by atoms with van der Waals surface area (Å²) in [5.74, 6) is 0. The van der Waals surface area contributed by atoms with E-state index in [1.165, 1.54) is 5.56 Å². The lowest BCUT2D eigenvalue weighted by Crippen LogP contribution is -2.40. The minimum absolute atomic E-state index is 0.244. The lowest BCUT2D eigenvalue weighted by atomic mass is 10.0. The van der Waals surface area contributed by atoms with Crippen LogP contribution in [0.4, 0.5) is 0 Å². The van der Waals surface area contributed by atoms with Crippen LogP contribution in [0.15, 0.2) is 28.7 Å². The fourth-order valence-electron chi connectivity index (χ4n) is 2.12. The maximum atomic E-state index is 5.96. The number of halogens is 1. The number of rotatable bonds is 7. The number of nitrogens with zero attached hydrogens (tertiary/aromatic N) is 1. The summed E-state index contributed by atoms with van der Waals surface area (Å²) in [6.07, 6.45) is 0. The third-order valence-corrected chi connectivity index (χ3v) is 3.62. The maximum absolute atomic E-state index is 5.96. The molecule has 3 nitrogen and oxygen atoms in total. The Morgan fingerprint density at radius 2 is 1.89 bits per heavy atom. The standard InChI is InChI=1S/C14H23BrN2O/c1-11(2)17(8-9-18-3)14(10-16)12-4-6-13(15)7-5-12/h4-7,11,14H,8-10,16H2,1-3H3. The molecule has 1 aromatic rings. The zero-order chi connectivity index (χ0) is 13.5. The molecule has 1 rings (SSSR count). The smallest absolute Gasteiger partial charge is 0.0590 e. The largest absolute Gasteiger partial charge is 0.383 e. The first-order valence-electron chi connectivity index (χ1n) is 6.30. The monoisotopic (exact) mass is 314 g/mol. The van der Waals surface area contributed by atoms with Crippen molar-refractivity contribution in [2.45, 2.75) is 25.9 Å². The molecule has 0 aliphatic carbocycles. The molecule has 1 unspecified atom stereocenters. The molecule has 2 N–H and O–H groups in total. The fourth-order valence-corrected chi connectivity index (χ4v) is 2.38. The van der Waals surface area contributed by atoms with Crippen molar-refractivity contribution in [3.63, 3.8) is 0 Å². The summed E-state index contributed by atoms with van der Waals surface area (Å²) in [5, 5.41) is 0. The van der Waals surface area contributed by atoms with Crippen LogP contribution >= 0.6 is 15.9 Å². The Bertz CT molecular complexity index is 340. The second-order valence-corrected chi connectivity index (χ2v) is 5.54. The van der Waals surface area contributed by atoms with E-state index in [0.717, 1.165) is 17.6 Å². The van der Waals surface area contributed by atoms with Crippen molar-refractivity contribution in [2.75, 3.05) is 26.8 Å². The van der Waals surface area contributed by atoms with Crippen LogP contribution in [0.5, 0.6) is 0 Å². The van der Waals surface area contributed by atoms with Crippen LogP contribution < -0.4 is 5.73 Å². The van der Waals surface area contributed by atoms with Crippen molar-refractivity contribution in [3.8, 4) is 0 Å². The van der Waals surface area contributed by atoms with Crippen molar-refractivity contribution in [2.24, 2.45) is 5.73 Å². The number of ether oxygens (including phenoxy) is 1. The summed E-state index contributed by atoms with van der Waals surface area (Å²) in [5.41, 5.74) is 7.21. The van der Waals surface area contributed by atoms with E-state index in [-0.39, 0.29) is 6.04 Å². The van der Waals surface area contributed by atoms with Crippen LogP contribution in [0.1, 0.15) is 25.5 Å². The minimum Gasteiger partial charge on any atom is -0.383 e. The second kappa shape index (κ2) is 7.89. The molecule has 0 saturated heterocycles. The first kappa shape index (κ1) is 15.6. The van der Waals surface area contributed by atoms with Crippen molar-refractivity contribution < 1.29 is 4.74 Å². The van der Waals surface area contributed by atoms with Crippen LogP contribution in [0, 0.1) is 0 Å². The Balaban J connectivity index is 2.87. The molecule has 0 saturated carbocycles. The van der Waals surface area contributed by atoms with Crippen LogP contribution in [-0.2, 0) is 4.74 Å². The van der Waals surface area contributed by atoms with Crippen molar-refractivity contribution in [3.05, 3.63) is 34.3 Å². The molecule has 0 bridgehead atoms. The van der Waals surface area contributed by atoms with Gasteiger partial charge in [0.1, 0.15) is 0 Å².